The predicted molar refractivity (Wildman–Crippen MR) is 75.7 cm³/mol. The molecule has 0 atom stereocenters. The highest BCUT2D eigenvalue weighted by molar-refractivity contribution is 5.79. The summed E-state index contributed by atoms with van der Waals surface area (Å²) in [6.45, 7) is 4.40. The van der Waals surface area contributed by atoms with E-state index in [9.17, 15) is 14.4 Å². The molecule has 0 radical (unpaired) electrons. The summed E-state index contributed by atoms with van der Waals surface area (Å²) < 4.78 is 9.50. The number of hydrogen-bond donors (Lipinski definition) is 1. The fraction of sp³-hybridized carbons (Fsp3) is 0.786. The highest BCUT2D eigenvalue weighted by Gasteiger charge is 2.27. The number of hydrogen-bond acceptors (Lipinski definition) is 5. The lowest BCUT2D eigenvalue weighted by molar-refractivity contribution is -0.142. The summed E-state index contributed by atoms with van der Waals surface area (Å²) >= 11 is 0. The second kappa shape index (κ2) is 9.33. The van der Waals surface area contributed by atoms with Gasteiger partial charge < -0.3 is 19.5 Å². The standard InChI is InChI=1S/C14H25NO6/c1-14(2,10-12(17)18)9-11(16)15(7-8-20-3)6-5-13(19)21-4/h5-10H2,1-4H3,(H,17,18). The fourth-order valence-corrected chi connectivity index (χ4v) is 1.88. The van der Waals surface area contributed by atoms with Crippen molar-refractivity contribution in [2.75, 3.05) is 33.9 Å². The largest absolute Gasteiger partial charge is 0.481 e. The van der Waals surface area contributed by atoms with Crippen molar-refractivity contribution in [1.29, 1.82) is 0 Å². The van der Waals surface area contributed by atoms with Crippen LogP contribution in [0.3, 0.4) is 0 Å². The van der Waals surface area contributed by atoms with Crippen LogP contribution in [-0.2, 0) is 23.9 Å². The van der Waals surface area contributed by atoms with Crippen LogP contribution in [0.15, 0.2) is 0 Å². The number of carbonyl (C=O) groups excluding carboxylic acids is 2. The quantitative estimate of drug-likeness (QED) is 0.603. The maximum Gasteiger partial charge on any atom is 0.307 e. The first-order chi connectivity index (χ1) is 9.71. The lowest BCUT2D eigenvalue weighted by atomic mass is 9.85. The van der Waals surface area contributed by atoms with Crippen molar-refractivity contribution in [3.63, 3.8) is 0 Å². The Hall–Kier alpha value is -1.63. The van der Waals surface area contributed by atoms with E-state index in [2.05, 4.69) is 4.74 Å². The summed E-state index contributed by atoms with van der Waals surface area (Å²) in [7, 11) is 2.82. The van der Waals surface area contributed by atoms with Gasteiger partial charge in [-0.1, -0.05) is 13.8 Å². The van der Waals surface area contributed by atoms with Gasteiger partial charge in [0.1, 0.15) is 0 Å². The third kappa shape index (κ3) is 9.01. The first kappa shape index (κ1) is 19.4. The molecular formula is C14H25NO6. The maximum absolute atomic E-state index is 12.3. The molecule has 0 saturated heterocycles. The van der Waals surface area contributed by atoms with E-state index in [1.54, 1.807) is 13.8 Å². The van der Waals surface area contributed by atoms with Gasteiger partial charge in [-0.15, -0.1) is 0 Å². The Morgan fingerprint density at radius 2 is 1.71 bits per heavy atom. The second-order valence-corrected chi connectivity index (χ2v) is 5.61. The molecule has 0 heterocycles. The zero-order chi connectivity index (χ0) is 16.5. The Morgan fingerprint density at radius 1 is 1.10 bits per heavy atom. The number of esters is 1. The molecule has 7 nitrogen and oxygen atoms in total. The number of ether oxygens (including phenoxy) is 2. The average molecular weight is 303 g/mol. The Balaban J connectivity index is 4.62. The molecule has 0 fully saturated rings. The van der Waals surface area contributed by atoms with Crippen LogP contribution < -0.4 is 0 Å². The summed E-state index contributed by atoms with van der Waals surface area (Å²) in [5, 5.41) is 8.84. The Kier molecular flexibility index (Phi) is 8.61. The smallest absolute Gasteiger partial charge is 0.307 e. The summed E-state index contributed by atoms with van der Waals surface area (Å²) in [5.41, 5.74) is -0.639. The van der Waals surface area contributed by atoms with Crippen LogP contribution in [0.5, 0.6) is 0 Å². The lowest BCUT2D eigenvalue weighted by Gasteiger charge is -2.27. The second-order valence-electron chi connectivity index (χ2n) is 5.61. The van der Waals surface area contributed by atoms with Gasteiger partial charge >= 0.3 is 11.9 Å². The molecule has 0 aromatic carbocycles. The topological polar surface area (TPSA) is 93.1 Å². The SMILES string of the molecule is COCCN(CCC(=O)OC)C(=O)CC(C)(C)CC(=O)O. The number of aliphatic carboxylic acids is 1. The van der Waals surface area contributed by atoms with Gasteiger partial charge in [-0.05, 0) is 5.41 Å². The Bertz CT molecular complexity index is 366. The third-order valence-corrected chi connectivity index (χ3v) is 2.99. The van der Waals surface area contributed by atoms with Crippen LogP contribution in [0.1, 0.15) is 33.1 Å². The number of methoxy groups -OCH3 is 2. The first-order valence-electron chi connectivity index (χ1n) is 6.77. The minimum atomic E-state index is -0.939. The molecule has 1 amide bonds. The zero-order valence-electron chi connectivity index (χ0n) is 13.2. The molecule has 0 spiro atoms. The molecule has 0 aromatic rings. The molecule has 0 bridgehead atoms. The number of carbonyl (C=O) groups is 3. The van der Waals surface area contributed by atoms with Crippen LogP contribution >= 0.6 is 0 Å². The van der Waals surface area contributed by atoms with Crippen molar-refractivity contribution in [2.45, 2.75) is 33.1 Å². The number of carboxylic acids is 1. The van der Waals surface area contributed by atoms with Crippen LogP contribution in [0, 0.1) is 5.41 Å². The van der Waals surface area contributed by atoms with Gasteiger partial charge in [-0.3, -0.25) is 14.4 Å². The number of carboxylic acid groups (broad SMARTS) is 1. The summed E-state index contributed by atoms with van der Waals surface area (Å²) in [5.74, 6) is -1.52. The summed E-state index contributed by atoms with van der Waals surface area (Å²) in [6, 6.07) is 0. The monoisotopic (exact) mass is 303 g/mol. The van der Waals surface area contributed by atoms with Crippen molar-refractivity contribution in [2.24, 2.45) is 5.41 Å². The van der Waals surface area contributed by atoms with E-state index < -0.39 is 17.4 Å². The van der Waals surface area contributed by atoms with Crippen molar-refractivity contribution in [3.05, 3.63) is 0 Å². The number of rotatable bonds is 10. The molecule has 122 valence electrons. The number of nitrogens with zero attached hydrogens (tertiary/aromatic N) is 1. The predicted octanol–water partition coefficient (Wildman–Crippen LogP) is 0.916. The van der Waals surface area contributed by atoms with E-state index in [1.807, 2.05) is 0 Å². The maximum atomic E-state index is 12.3. The van der Waals surface area contributed by atoms with Gasteiger partial charge in [0, 0.05) is 26.6 Å². The Morgan fingerprint density at radius 3 is 2.19 bits per heavy atom. The molecule has 0 unspecified atom stereocenters. The number of amides is 1. The van der Waals surface area contributed by atoms with Gasteiger partial charge in [0.05, 0.1) is 26.6 Å². The van der Waals surface area contributed by atoms with Crippen molar-refractivity contribution < 1.29 is 29.0 Å². The average Bonchev–Trinajstić information content (AvgIpc) is 2.35. The zero-order valence-corrected chi connectivity index (χ0v) is 13.2. The molecule has 0 rings (SSSR count). The van der Waals surface area contributed by atoms with Crippen molar-refractivity contribution >= 4 is 17.8 Å². The normalized spacial score (nSPS) is 11.0. The Labute approximate surface area is 125 Å². The van der Waals surface area contributed by atoms with E-state index in [1.165, 1.54) is 19.1 Å². The molecule has 0 aliphatic heterocycles. The van der Waals surface area contributed by atoms with E-state index in [0.717, 1.165) is 0 Å². The van der Waals surface area contributed by atoms with Crippen LogP contribution in [0.25, 0.3) is 0 Å². The minimum Gasteiger partial charge on any atom is -0.481 e. The van der Waals surface area contributed by atoms with E-state index in [0.29, 0.717) is 13.2 Å². The minimum absolute atomic E-state index is 0.0894. The molecule has 0 saturated carbocycles. The summed E-state index contributed by atoms with van der Waals surface area (Å²) in [6.07, 6.45) is 0.114. The third-order valence-electron chi connectivity index (χ3n) is 2.99. The first-order valence-corrected chi connectivity index (χ1v) is 6.77. The molecule has 1 N–H and O–H groups in total. The van der Waals surface area contributed by atoms with Crippen LogP contribution in [0.2, 0.25) is 0 Å². The van der Waals surface area contributed by atoms with Gasteiger partial charge in [-0.2, -0.15) is 0 Å². The molecule has 0 aromatic heterocycles. The van der Waals surface area contributed by atoms with Crippen LogP contribution in [-0.4, -0.2) is 61.8 Å². The van der Waals surface area contributed by atoms with Gasteiger partial charge in [0.2, 0.25) is 5.91 Å². The molecule has 7 heteroatoms. The van der Waals surface area contributed by atoms with Crippen molar-refractivity contribution in [1.82, 2.24) is 4.90 Å². The fourth-order valence-electron chi connectivity index (χ4n) is 1.88. The van der Waals surface area contributed by atoms with Crippen LogP contribution in [0.4, 0.5) is 0 Å². The molecule has 0 aliphatic carbocycles. The van der Waals surface area contributed by atoms with E-state index >= 15 is 0 Å². The van der Waals surface area contributed by atoms with Crippen molar-refractivity contribution in [3.8, 4) is 0 Å². The highest BCUT2D eigenvalue weighted by atomic mass is 16.5. The molecular weight excluding hydrogens is 278 g/mol. The molecule has 21 heavy (non-hydrogen) atoms. The lowest BCUT2D eigenvalue weighted by Crippen LogP contribution is -2.38. The molecule has 0 aliphatic rings. The van der Waals surface area contributed by atoms with E-state index in [4.69, 9.17) is 9.84 Å². The highest BCUT2D eigenvalue weighted by Crippen LogP contribution is 2.26. The van der Waals surface area contributed by atoms with E-state index in [-0.39, 0.29) is 31.7 Å². The van der Waals surface area contributed by atoms with Gasteiger partial charge in [-0.25, -0.2) is 0 Å². The summed E-state index contributed by atoms with van der Waals surface area (Å²) in [4.78, 5) is 35.7. The van der Waals surface area contributed by atoms with Gasteiger partial charge in [0.15, 0.2) is 0 Å². The van der Waals surface area contributed by atoms with Gasteiger partial charge in [0.25, 0.3) is 0 Å².